The molecule has 0 saturated carbocycles. The lowest BCUT2D eigenvalue weighted by Crippen LogP contribution is -2.10. The molecule has 2 aromatic carbocycles. The zero-order valence-corrected chi connectivity index (χ0v) is 16.0. The monoisotopic (exact) mass is 353 g/mol. The van der Waals surface area contributed by atoms with E-state index >= 15 is 0 Å². The lowest BCUT2D eigenvalue weighted by Gasteiger charge is -2.11. The molecule has 0 atom stereocenters. The third-order valence-electron chi connectivity index (χ3n) is 4.10. The Balaban J connectivity index is 2.06. The molecule has 1 N–H and O–H groups in total. The molecule has 0 aliphatic heterocycles. The Bertz CT molecular complexity index is 761. The van der Waals surface area contributed by atoms with E-state index in [0.717, 1.165) is 41.0 Å². The van der Waals surface area contributed by atoms with Gasteiger partial charge in [0.05, 0.1) is 13.7 Å². The average Bonchev–Trinajstić information content (AvgIpc) is 2.64. The second kappa shape index (κ2) is 9.66. The lowest BCUT2D eigenvalue weighted by atomic mass is 10.1. The van der Waals surface area contributed by atoms with E-state index in [-0.39, 0.29) is 5.91 Å². The van der Waals surface area contributed by atoms with Crippen molar-refractivity contribution in [1.82, 2.24) is 0 Å². The fourth-order valence-electron chi connectivity index (χ4n) is 2.58. The van der Waals surface area contributed by atoms with Crippen LogP contribution in [-0.4, -0.2) is 19.6 Å². The Morgan fingerprint density at radius 1 is 1.12 bits per heavy atom. The van der Waals surface area contributed by atoms with E-state index < -0.39 is 0 Å². The SMILES string of the molecule is CCCCOc1ccc(/C=C/C(=O)Nc2c(C)cccc2C)cc1OC. The van der Waals surface area contributed by atoms with Gasteiger partial charge in [-0.1, -0.05) is 37.6 Å². The van der Waals surface area contributed by atoms with Crippen molar-refractivity contribution in [3.05, 3.63) is 59.2 Å². The standard InChI is InChI=1S/C22H27NO3/c1-5-6-14-26-19-12-10-18(15-20(19)25-4)11-13-21(24)23-22-16(2)8-7-9-17(22)3/h7-13,15H,5-6,14H2,1-4H3,(H,23,24)/b13-11+. The third-order valence-corrected chi connectivity index (χ3v) is 4.10. The van der Waals surface area contributed by atoms with Crippen LogP contribution in [0.15, 0.2) is 42.5 Å². The summed E-state index contributed by atoms with van der Waals surface area (Å²) in [5.74, 6) is 1.22. The Labute approximate surface area is 155 Å². The minimum absolute atomic E-state index is 0.162. The predicted molar refractivity (Wildman–Crippen MR) is 107 cm³/mol. The van der Waals surface area contributed by atoms with E-state index in [0.29, 0.717) is 12.4 Å². The largest absolute Gasteiger partial charge is 0.493 e. The van der Waals surface area contributed by atoms with E-state index in [4.69, 9.17) is 9.47 Å². The van der Waals surface area contributed by atoms with Gasteiger partial charge in [0.25, 0.3) is 0 Å². The van der Waals surface area contributed by atoms with Crippen LogP contribution < -0.4 is 14.8 Å². The number of amides is 1. The normalized spacial score (nSPS) is 10.8. The summed E-state index contributed by atoms with van der Waals surface area (Å²) in [5.41, 5.74) is 3.82. The van der Waals surface area contributed by atoms with Crippen molar-refractivity contribution >= 4 is 17.7 Å². The van der Waals surface area contributed by atoms with Crippen molar-refractivity contribution in [3.63, 3.8) is 0 Å². The van der Waals surface area contributed by atoms with Gasteiger partial charge >= 0.3 is 0 Å². The van der Waals surface area contributed by atoms with Crippen molar-refractivity contribution in [2.24, 2.45) is 0 Å². The molecule has 2 aromatic rings. The summed E-state index contributed by atoms with van der Waals surface area (Å²) in [6, 6.07) is 11.6. The minimum Gasteiger partial charge on any atom is -0.493 e. The maximum absolute atomic E-state index is 12.2. The molecule has 1 amide bonds. The van der Waals surface area contributed by atoms with Gasteiger partial charge in [-0.15, -0.1) is 0 Å². The number of methoxy groups -OCH3 is 1. The van der Waals surface area contributed by atoms with Crippen LogP contribution in [0.5, 0.6) is 11.5 Å². The first kappa shape index (κ1) is 19.6. The molecule has 0 unspecified atom stereocenters. The molecule has 0 saturated heterocycles. The lowest BCUT2D eigenvalue weighted by molar-refractivity contribution is -0.111. The number of rotatable bonds is 8. The highest BCUT2D eigenvalue weighted by molar-refractivity contribution is 6.02. The van der Waals surface area contributed by atoms with Gasteiger partial charge in [-0.2, -0.15) is 0 Å². The number of hydrogen-bond acceptors (Lipinski definition) is 3. The maximum atomic E-state index is 12.2. The van der Waals surface area contributed by atoms with Gasteiger partial charge in [0.1, 0.15) is 0 Å². The number of carbonyl (C=O) groups excluding carboxylic acids is 1. The molecule has 0 heterocycles. The summed E-state index contributed by atoms with van der Waals surface area (Å²) in [6.45, 7) is 6.75. The van der Waals surface area contributed by atoms with Crippen LogP contribution in [0.4, 0.5) is 5.69 Å². The zero-order chi connectivity index (χ0) is 18.9. The number of carbonyl (C=O) groups is 1. The van der Waals surface area contributed by atoms with Gasteiger partial charge in [-0.25, -0.2) is 0 Å². The number of hydrogen-bond donors (Lipinski definition) is 1. The van der Waals surface area contributed by atoms with Crippen LogP contribution in [0.25, 0.3) is 6.08 Å². The van der Waals surface area contributed by atoms with Gasteiger partial charge in [0, 0.05) is 11.8 Å². The number of anilines is 1. The number of unbranched alkanes of at least 4 members (excludes halogenated alkanes) is 1. The molecule has 0 aliphatic rings. The summed E-state index contributed by atoms with van der Waals surface area (Å²) in [4.78, 5) is 12.2. The molecule has 0 radical (unpaired) electrons. The molecule has 138 valence electrons. The molecule has 0 aromatic heterocycles. The quantitative estimate of drug-likeness (QED) is 0.528. The average molecular weight is 353 g/mol. The molecule has 4 heteroatoms. The van der Waals surface area contributed by atoms with Crippen molar-refractivity contribution in [1.29, 1.82) is 0 Å². The summed E-state index contributed by atoms with van der Waals surface area (Å²) in [7, 11) is 1.61. The smallest absolute Gasteiger partial charge is 0.248 e. The van der Waals surface area contributed by atoms with Crippen LogP contribution in [-0.2, 0) is 4.79 Å². The molecule has 4 nitrogen and oxygen atoms in total. The van der Waals surface area contributed by atoms with Crippen molar-refractivity contribution in [2.45, 2.75) is 33.6 Å². The number of nitrogens with one attached hydrogen (secondary N) is 1. The van der Waals surface area contributed by atoms with Crippen LogP contribution in [0, 0.1) is 13.8 Å². The van der Waals surface area contributed by atoms with Crippen molar-refractivity contribution in [3.8, 4) is 11.5 Å². The maximum Gasteiger partial charge on any atom is 0.248 e. The highest BCUT2D eigenvalue weighted by atomic mass is 16.5. The zero-order valence-electron chi connectivity index (χ0n) is 16.0. The van der Waals surface area contributed by atoms with E-state index in [2.05, 4.69) is 12.2 Å². The fraction of sp³-hybridized carbons (Fsp3) is 0.318. The number of aryl methyl sites for hydroxylation is 2. The second-order valence-corrected chi connectivity index (χ2v) is 6.20. The Morgan fingerprint density at radius 2 is 1.85 bits per heavy atom. The Hall–Kier alpha value is -2.75. The van der Waals surface area contributed by atoms with Crippen molar-refractivity contribution < 1.29 is 14.3 Å². The highest BCUT2D eigenvalue weighted by Gasteiger charge is 2.06. The van der Waals surface area contributed by atoms with E-state index in [1.54, 1.807) is 13.2 Å². The van der Waals surface area contributed by atoms with Gasteiger partial charge in [0.15, 0.2) is 11.5 Å². The van der Waals surface area contributed by atoms with Crippen LogP contribution in [0.3, 0.4) is 0 Å². The summed E-state index contributed by atoms with van der Waals surface area (Å²) < 4.78 is 11.1. The summed E-state index contributed by atoms with van der Waals surface area (Å²) >= 11 is 0. The first-order valence-electron chi connectivity index (χ1n) is 8.91. The molecular formula is C22H27NO3. The Kier molecular flexibility index (Phi) is 7.27. The summed E-state index contributed by atoms with van der Waals surface area (Å²) in [6.07, 6.45) is 5.38. The Morgan fingerprint density at radius 3 is 2.50 bits per heavy atom. The van der Waals surface area contributed by atoms with Crippen LogP contribution in [0.1, 0.15) is 36.5 Å². The van der Waals surface area contributed by atoms with Crippen LogP contribution >= 0.6 is 0 Å². The molecule has 0 bridgehead atoms. The van der Waals surface area contributed by atoms with Gasteiger partial charge < -0.3 is 14.8 Å². The first-order chi connectivity index (χ1) is 12.5. The predicted octanol–water partition coefficient (Wildman–Crippen LogP) is 5.14. The van der Waals surface area contributed by atoms with E-state index in [1.807, 2.05) is 50.2 Å². The number of para-hydroxylation sites is 1. The molecular weight excluding hydrogens is 326 g/mol. The third kappa shape index (κ3) is 5.38. The second-order valence-electron chi connectivity index (χ2n) is 6.20. The van der Waals surface area contributed by atoms with E-state index in [9.17, 15) is 4.79 Å². The summed E-state index contributed by atoms with van der Waals surface area (Å²) in [5, 5.41) is 2.94. The van der Waals surface area contributed by atoms with Crippen LogP contribution in [0.2, 0.25) is 0 Å². The molecule has 0 aliphatic carbocycles. The molecule has 2 rings (SSSR count). The first-order valence-corrected chi connectivity index (χ1v) is 8.91. The highest BCUT2D eigenvalue weighted by Crippen LogP contribution is 2.28. The minimum atomic E-state index is -0.162. The molecule has 0 fully saturated rings. The molecule has 26 heavy (non-hydrogen) atoms. The van der Waals surface area contributed by atoms with Gasteiger partial charge in [-0.05, 0) is 55.2 Å². The van der Waals surface area contributed by atoms with Gasteiger partial charge in [0.2, 0.25) is 5.91 Å². The van der Waals surface area contributed by atoms with Crippen molar-refractivity contribution in [2.75, 3.05) is 19.0 Å². The fourth-order valence-corrected chi connectivity index (χ4v) is 2.58. The topological polar surface area (TPSA) is 47.6 Å². The molecule has 0 spiro atoms. The number of ether oxygens (including phenoxy) is 2. The van der Waals surface area contributed by atoms with E-state index in [1.165, 1.54) is 6.08 Å². The van der Waals surface area contributed by atoms with Gasteiger partial charge in [-0.3, -0.25) is 4.79 Å². The number of benzene rings is 2.